The number of anilines is 2. The minimum Gasteiger partial charge on any atom is -0.398 e. The molecule has 3 N–H and O–H groups in total. The van der Waals surface area contributed by atoms with Crippen molar-refractivity contribution in [2.24, 2.45) is 0 Å². The van der Waals surface area contributed by atoms with Crippen LogP contribution in [0.5, 0.6) is 0 Å². The summed E-state index contributed by atoms with van der Waals surface area (Å²) in [5.74, 6) is 0.205. The molecule has 19 heavy (non-hydrogen) atoms. The Morgan fingerprint density at radius 1 is 1.42 bits per heavy atom. The maximum Gasteiger partial charge on any atom is 0.256 e. The van der Waals surface area contributed by atoms with Gasteiger partial charge in [0.25, 0.3) is 5.91 Å². The number of nitrogens with one attached hydrogen (secondary N) is 1. The van der Waals surface area contributed by atoms with Crippen LogP contribution in [0.1, 0.15) is 15.9 Å². The fourth-order valence-corrected chi connectivity index (χ4v) is 1.82. The quantitative estimate of drug-likeness (QED) is 0.820. The summed E-state index contributed by atoms with van der Waals surface area (Å²) in [6.45, 7) is 1.92. The van der Waals surface area contributed by atoms with E-state index in [1.54, 1.807) is 24.4 Å². The number of pyridine rings is 1. The summed E-state index contributed by atoms with van der Waals surface area (Å²) >= 11 is 9.16. The molecule has 0 aliphatic rings. The van der Waals surface area contributed by atoms with Crippen LogP contribution in [-0.2, 0) is 0 Å². The molecule has 0 saturated heterocycles. The molecule has 0 unspecified atom stereocenters. The van der Waals surface area contributed by atoms with Crippen LogP contribution in [0.3, 0.4) is 0 Å². The molecule has 0 saturated carbocycles. The first-order valence-electron chi connectivity index (χ1n) is 5.46. The monoisotopic (exact) mass is 339 g/mol. The van der Waals surface area contributed by atoms with Crippen LogP contribution in [0, 0.1) is 6.92 Å². The van der Waals surface area contributed by atoms with Crippen LogP contribution < -0.4 is 11.1 Å². The van der Waals surface area contributed by atoms with Crippen LogP contribution in [0.15, 0.2) is 34.9 Å². The molecule has 2 rings (SSSR count). The smallest absolute Gasteiger partial charge is 0.256 e. The van der Waals surface area contributed by atoms with Gasteiger partial charge in [0.2, 0.25) is 0 Å². The van der Waals surface area contributed by atoms with Crippen molar-refractivity contribution in [2.75, 3.05) is 11.1 Å². The molecule has 0 spiro atoms. The summed E-state index contributed by atoms with van der Waals surface area (Å²) in [4.78, 5) is 16.1. The second-order valence-corrected chi connectivity index (χ2v) is 5.27. The average molecular weight is 341 g/mol. The number of nitrogen functional groups attached to an aromatic ring is 1. The third-order valence-corrected chi connectivity index (χ3v) is 3.72. The second-order valence-electron chi connectivity index (χ2n) is 4.01. The normalized spacial score (nSPS) is 10.3. The Morgan fingerprint density at radius 3 is 2.79 bits per heavy atom. The van der Waals surface area contributed by atoms with E-state index in [9.17, 15) is 4.79 Å². The number of hydrogen-bond donors (Lipinski definition) is 2. The highest BCUT2D eigenvalue weighted by molar-refractivity contribution is 9.10. The minimum absolute atomic E-state index is 0.280. The first-order valence-corrected chi connectivity index (χ1v) is 6.63. The number of aryl methyl sites for hydroxylation is 1. The first kappa shape index (κ1) is 13.8. The average Bonchev–Trinajstić information content (AvgIpc) is 2.37. The molecule has 0 bridgehead atoms. The molecule has 1 amide bonds. The first-order chi connectivity index (χ1) is 8.97. The summed E-state index contributed by atoms with van der Waals surface area (Å²) in [5, 5.41) is 3.13. The highest BCUT2D eigenvalue weighted by Crippen LogP contribution is 2.21. The van der Waals surface area contributed by atoms with Crippen molar-refractivity contribution in [3.8, 4) is 0 Å². The minimum atomic E-state index is -0.280. The van der Waals surface area contributed by atoms with Gasteiger partial charge in [0.1, 0.15) is 5.82 Å². The number of benzene rings is 1. The van der Waals surface area contributed by atoms with Crippen LogP contribution in [0.25, 0.3) is 0 Å². The summed E-state index contributed by atoms with van der Waals surface area (Å²) in [6.07, 6.45) is 1.64. The predicted molar refractivity (Wildman–Crippen MR) is 80.5 cm³/mol. The maximum atomic E-state index is 12.0. The van der Waals surface area contributed by atoms with Gasteiger partial charge in [0.05, 0.1) is 10.7 Å². The lowest BCUT2D eigenvalue weighted by Crippen LogP contribution is -2.13. The number of halogens is 2. The highest BCUT2D eigenvalue weighted by Gasteiger charge is 2.09. The molecule has 6 heteroatoms. The number of aromatic nitrogens is 1. The fraction of sp³-hybridized carbons (Fsp3) is 0.0769. The van der Waals surface area contributed by atoms with Crippen LogP contribution >= 0.6 is 27.5 Å². The zero-order valence-corrected chi connectivity index (χ0v) is 12.4. The molecule has 0 aliphatic carbocycles. The molecule has 4 nitrogen and oxygen atoms in total. The molecule has 1 aromatic heterocycles. The molecule has 0 aliphatic heterocycles. The predicted octanol–water partition coefficient (Wildman–Crippen LogP) is 3.64. The maximum absolute atomic E-state index is 12.0. The van der Waals surface area contributed by atoms with E-state index >= 15 is 0 Å². The van der Waals surface area contributed by atoms with E-state index in [1.165, 1.54) is 6.07 Å². The van der Waals surface area contributed by atoms with Gasteiger partial charge in [-0.1, -0.05) is 11.6 Å². The number of rotatable bonds is 2. The second kappa shape index (κ2) is 5.59. The van der Waals surface area contributed by atoms with Crippen molar-refractivity contribution < 1.29 is 4.79 Å². The molecule has 1 heterocycles. The van der Waals surface area contributed by atoms with E-state index in [4.69, 9.17) is 17.3 Å². The van der Waals surface area contributed by atoms with Crippen molar-refractivity contribution in [1.82, 2.24) is 4.98 Å². The Balaban J connectivity index is 2.20. The SMILES string of the molecule is Cc1cc(NC(=O)c2ccc(Cl)c(N)c2)ncc1Br. The highest BCUT2D eigenvalue weighted by atomic mass is 79.9. The zero-order valence-electron chi connectivity index (χ0n) is 10.1. The summed E-state index contributed by atoms with van der Waals surface area (Å²) in [6, 6.07) is 6.51. The van der Waals surface area contributed by atoms with Crippen LogP contribution in [0.4, 0.5) is 11.5 Å². The lowest BCUT2D eigenvalue weighted by Gasteiger charge is -2.07. The Kier molecular flexibility index (Phi) is 4.07. The van der Waals surface area contributed by atoms with Crippen molar-refractivity contribution in [1.29, 1.82) is 0 Å². The third-order valence-electron chi connectivity index (χ3n) is 2.55. The molecule has 0 atom stereocenters. The molecular formula is C13H11BrClN3O. The van der Waals surface area contributed by atoms with Gasteiger partial charge in [-0.2, -0.15) is 0 Å². The Labute approximate surface area is 124 Å². The molecular weight excluding hydrogens is 330 g/mol. The number of nitrogens with zero attached hydrogens (tertiary/aromatic N) is 1. The fourth-order valence-electron chi connectivity index (χ4n) is 1.48. The Hall–Kier alpha value is -1.59. The van der Waals surface area contributed by atoms with Crippen LogP contribution in [0.2, 0.25) is 5.02 Å². The molecule has 2 aromatic rings. The van der Waals surface area contributed by atoms with E-state index in [0.717, 1.165) is 10.0 Å². The van der Waals surface area contributed by atoms with E-state index in [1.807, 2.05) is 6.92 Å². The van der Waals surface area contributed by atoms with Gasteiger partial charge < -0.3 is 11.1 Å². The zero-order chi connectivity index (χ0) is 14.0. The lowest BCUT2D eigenvalue weighted by atomic mass is 10.2. The van der Waals surface area contributed by atoms with E-state index < -0.39 is 0 Å². The largest absolute Gasteiger partial charge is 0.398 e. The summed E-state index contributed by atoms with van der Waals surface area (Å²) in [7, 11) is 0. The lowest BCUT2D eigenvalue weighted by molar-refractivity contribution is 0.102. The van der Waals surface area contributed by atoms with E-state index in [2.05, 4.69) is 26.2 Å². The van der Waals surface area contributed by atoms with Crippen molar-refractivity contribution in [3.63, 3.8) is 0 Å². The topological polar surface area (TPSA) is 68.0 Å². The van der Waals surface area contributed by atoms with Gasteiger partial charge in [-0.25, -0.2) is 4.98 Å². The van der Waals surface area contributed by atoms with E-state index in [0.29, 0.717) is 22.1 Å². The number of amides is 1. The van der Waals surface area contributed by atoms with Crippen LogP contribution in [-0.4, -0.2) is 10.9 Å². The van der Waals surface area contributed by atoms with E-state index in [-0.39, 0.29) is 5.91 Å². The van der Waals surface area contributed by atoms with Gasteiger partial charge in [0.15, 0.2) is 0 Å². The van der Waals surface area contributed by atoms with Gasteiger partial charge in [-0.3, -0.25) is 4.79 Å². The third kappa shape index (κ3) is 3.24. The summed E-state index contributed by atoms with van der Waals surface area (Å²) < 4.78 is 0.890. The molecule has 0 radical (unpaired) electrons. The number of hydrogen-bond acceptors (Lipinski definition) is 3. The standard InChI is InChI=1S/C13H11BrClN3O/c1-7-4-12(17-6-9(7)14)18-13(19)8-2-3-10(15)11(16)5-8/h2-6H,16H2,1H3,(H,17,18,19). The van der Waals surface area contributed by atoms with Crippen molar-refractivity contribution in [3.05, 3.63) is 51.1 Å². The van der Waals surface area contributed by atoms with Gasteiger partial charge in [-0.05, 0) is 52.7 Å². The number of carbonyl (C=O) groups excluding carboxylic acids is 1. The van der Waals surface area contributed by atoms with Gasteiger partial charge in [-0.15, -0.1) is 0 Å². The van der Waals surface area contributed by atoms with Crippen molar-refractivity contribution >= 4 is 44.9 Å². The Morgan fingerprint density at radius 2 is 2.16 bits per heavy atom. The number of nitrogens with two attached hydrogens (primary N) is 1. The van der Waals surface area contributed by atoms with Gasteiger partial charge in [0, 0.05) is 16.2 Å². The molecule has 98 valence electrons. The molecule has 1 aromatic carbocycles. The molecule has 0 fully saturated rings. The van der Waals surface area contributed by atoms with Crippen molar-refractivity contribution in [2.45, 2.75) is 6.92 Å². The Bertz CT molecular complexity index is 646. The number of carbonyl (C=O) groups is 1. The van der Waals surface area contributed by atoms with Gasteiger partial charge >= 0.3 is 0 Å². The summed E-state index contributed by atoms with van der Waals surface area (Å²) in [5.41, 5.74) is 7.45.